The summed E-state index contributed by atoms with van der Waals surface area (Å²) in [4.78, 5) is 54.9. The molecule has 1 atom stereocenters. The monoisotopic (exact) mass is 605 g/mol. The SMILES string of the molecule is CC(C(=O)ON1C(=O)CCC1=O)c1ccc(C[n+]2ccc(/C=C/C=C3\Oc4ccccc4N3C)c3ccccc32)cc1[N+](=O)[O-]. The van der Waals surface area contributed by atoms with Crippen LogP contribution >= 0.6 is 0 Å². The second-order valence-corrected chi connectivity index (χ2v) is 10.8. The number of hydrogen-bond acceptors (Lipinski definition) is 8. The number of amides is 2. The zero-order valence-electron chi connectivity index (χ0n) is 24.6. The van der Waals surface area contributed by atoms with Gasteiger partial charge in [0.25, 0.3) is 17.5 Å². The first-order chi connectivity index (χ1) is 21.7. The number of anilines is 1. The van der Waals surface area contributed by atoms with Gasteiger partial charge in [0.15, 0.2) is 24.4 Å². The number of allylic oxidation sites excluding steroid dienone is 2. The minimum absolute atomic E-state index is 0.0429. The third kappa shape index (κ3) is 5.75. The lowest BCUT2D eigenvalue weighted by Gasteiger charge is -2.16. The molecule has 226 valence electrons. The van der Waals surface area contributed by atoms with E-state index in [1.54, 1.807) is 6.07 Å². The molecule has 11 heteroatoms. The highest BCUT2D eigenvalue weighted by Gasteiger charge is 2.35. The molecule has 0 aliphatic carbocycles. The molecule has 0 saturated carbocycles. The van der Waals surface area contributed by atoms with E-state index in [1.165, 1.54) is 19.1 Å². The van der Waals surface area contributed by atoms with Crippen LogP contribution in [-0.2, 0) is 25.8 Å². The lowest BCUT2D eigenvalue weighted by molar-refractivity contribution is -0.662. The lowest BCUT2D eigenvalue weighted by atomic mass is 9.97. The summed E-state index contributed by atoms with van der Waals surface area (Å²) in [6.07, 6.45) is 7.69. The second kappa shape index (κ2) is 12.0. The van der Waals surface area contributed by atoms with Crippen LogP contribution in [0.1, 0.15) is 42.4 Å². The fraction of sp³-hybridized carbons (Fsp3) is 0.176. The van der Waals surface area contributed by atoms with Crippen molar-refractivity contribution in [3.8, 4) is 5.75 Å². The van der Waals surface area contributed by atoms with Gasteiger partial charge >= 0.3 is 5.97 Å². The standard InChI is InChI=1S/C34H29N4O7/c1-22(34(41)45-37-31(39)16-17-32(37)40)25-15-14-23(20-29(25)38(42)43)21-36-19-18-24(26-9-3-4-10-27(26)36)8-7-13-33-35(2)28-11-5-6-12-30(28)44-33/h3-15,18-20,22H,16-17,21H2,1-2H3/q+1. The van der Waals surface area contributed by atoms with E-state index in [2.05, 4.69) is 0 Å². The number of fused-ring (bicyclic) bond motifs is 2. The fourth-order valence-corrected chi connectivity index (χ4v) is 5.45. The number of hydroxylamine groups is 2. The molecule has 3 aromatic carbocycles. The van der Waals surface area contributed by atoms with Gasteiger partial charge < -0.3 is 14.5 Å². The van der Waals surface area contributed by atoms with Crippen LogP contribution in [-0.4, -0.2) is 34.8 Å². The Labute approximate surface area is 258 Å². The van der Waals surface area contributed by atoms with Crippen molar-refractivity contribution in [2.75, 3.05) is 11.9 Å². The van der Waals surface area contributed by atoms with Crippen molar-refractivity contribution >= 4 is 46.1 Å². The van der Waals surface area contributed by atoms with Gasteiger partial charge in [-0.1, -0.05) is 48.6 Å². The molecule has 2 aliphatic heterocycles. The summed E-state index contributed by atoms with van der Waals surface area (Å²) >= 11 is 0. The van der Waals surface area contributed by atoms with E-state index in [0.717, 1.165) is 27.9 Å². The van der Waals surface area contributed by atoms with Gasteiger partial charge in [-0.3, -0.25) is 19.7 Å². The summed E-state index contributed by atoms with van der Waals surface area (Å²) in [5.41, 5.74) is 3.44. The maximum Gasteiger partial charge on any atom is 0.340 e. The number of nitro groups is 1. The molecular formula is C34H29N4O7+. The van der Waals surface area contributed by atoms with Crippen LogP contribution in [0.15, 0.2) is 97.0 Å². The molecule has 2 aliphatic rings. The topological polar surface area (TPSA) is 123 Å². The van der Waals surface area contributed by atoms with Crippen LogP contribution in [0.3, 0.4) is 0 Å². The van der Waals surface area contributed by atoms with Crippen LogP contribution in [0.2, 0.25) is 0 Å². The summed E-state index contributed by atoms with van der Waals surface area (Å²) in [5.74, 6) is -1.72. The van der Waals surface area contributed by atoms with Crippen LogP contribution in [0.5, 0.6) is 5.75 Å². The number of rotatable bonds is 8. The molecule has 0 bridgehead atoms. The zero-order chi connectivity index (χ0) is 31.7. The Bertz CT molecular complexity index is 1920. The number of benzene rings is 3. The predicted octanol–water partition coefficient (Wildman–Crippen LogP) is 5.18. The van der Waals surface area contributed by atoms with E-state index in [4.69, 9.17) is 9.57 Å². The van der Waals surface area contributed by atoms with Gasteiger partial charge in [-0.05, 0) is 36.8 Å². The molecule has 45 heavy (non-hydrogen) atoms. The number of carbonyl (C=O) groups is 3. The predicted molar refractivity (Wildman–Crippen MR) is 165 cm³/mol. The molecule has 1 fully saturated rings. The summed E-state index contributed by atoms with van der Waals surface area (Å²) in [5, 5.41) is 13.5. The number of nitro benzene ring substituents is 1. The number of ether oxygens (including phenoxy) is 1. The average molecular weight is 606 g/mol. The normalized spacial score (nSPS) is 16.0. The van der Waals surface area contributed by atoms with Crippen molar-refractivity contribution < 1.29 is 33.4 Å². The van der Waals surface area contributed by atoms with Gasteiger partial charge in [0.1, 0.15) is 0 Å². The van der Waals surface area contributed by atoms with E-state index in [0.29, 0.717) is 23.1 Å². The van der Waals surface area contributed by atoms with Crippen molar-refractivity contribution in [2.24, 2.45) is 0 Å². The molecule has 1 unspecified atom stereocenters. The Morgan fingerprint density at radius 3 is 2.56 bits per heavy atom. The van der Waals surface area contributed by atoms with Gasteiger partial charge in [-0.2, -0.15) is 4.57 Å². The molecule has 6 rings (SSSR count). The van der Waals surface area contributed by atoms with E-state index < -0.39 is 28.6 Å². The highest BCUT2D eigenvalue weighted by molar-refractivity contribution is 6.01. The fourth-order valence-electron chi connectivity index (χ4n) is 5.45. The molecule has 3 heterocycles. The average Bonchev–Trinajstić information content (AvgIpc) is 3.54. The number of hydrogen-bond donors (Lipinski definition) is 0. The lowest BCUT2D eigenvalue weighted by Crippen LogP contribution is -2.35. The third-order valence-corrected chi connectivity index (χ3v) is 7.90. The first-order valence-electron chi connectivity index (χ1n) is 14.4. The number of para-hydroxylation sites is 3. The Hall–Kier alpha value is -5.84. The minimum atomic E-state index is -1.08. The summed E-state index contributed by atoms with van der Waals surface area (Å²) < 4.78 is 7.96. The Morgan fingerprint density at radius 2 is 1.80 bits per heavy atom. The number of nitrogens with zero attached hydrogens (tertiary/aromatic N) is 4. The van der Waals surface area contributed by atoms with Gasteiger partial charge in [-0.15, -0.1) is 5.06 Å². The Morgan fingerprint density at radius 1 is 1.07 bits per heavy atom. The van der Waals surface area contributed by atoms with Gasteiger partial charge in [-0.25, -0.2) is 4.79 Å². The summed E-state index contributed by atoms with van der Waals surface area (Å²) in [7, 11) is 1.95. The highest BCUT2D eigenvalue weighted by atomic mass is 16.7. The number of carbonyl (C=O) groups excluding carboxylic acids is 3. The Kier molecular flexibility index (Phi) is 7.82. The third-order valence-electron chi connectivity index (χ3n) is 7.90. The van der Waals surface area contributed by atoms with E-state index in [9.17, 15) is 24.5 Å². The highest BCUT2D eigenvalue weighted by Crippen LogP contribution is 2.37. The van der Waals surface area contributed by atoms with E-state index in [-0.39, 0.29) is 24.1 Å². The minimum Gasteiger partial charge on any atom is -0.439 e. The van der Waals surface area contributed by atoms with E-state index >= 15 is 0 Å². The van der Waals surface area contributed by atoms with Crippen molar-refractivity contribution in [1.29, 1.82) is 0 Å². The van der Waals surface area contributed by atoms with Crippen molar-refractivity contribution in [3.63, 3.8) is 0 Å². The maximum absolute atomic E-state index is 12.7. The van der Waals surface area contributed by atoms with Crippen LogP contribution in [0, 0.1) is 10.1 Å². The molecule has 0 N–H and O–H groups in total. The van der Waals surface area contributed by atoms with Crippen molar-refractivity contribution in [1.82, 2.24) is 5.06 Å². The van der Waals surface area contributed by atoms with Crippen molar-refractivity contribution in [3.05, 3.63) is 124 Å². The largest absolute Gasteiger partial charge is 0.439 e. The second-order valence-electron chi connectivity index (χ2n) is 10.8. The zero-order valence-corrected chi connectivity index (χ0v) is 24.6. The number of pyridine rings is 1. The van der Waals surface area contributed by atoms with Gasteiger partial charge in [0.2, 0.25) is 5.52 Å². The molecular weight excluding hydrogens is 576 g/mol. The quantitative estimate of drug-likeness (QED) is 0.117. The van der Waals surface area contributed by atoms with Crippen molar-refractivity contribution in [2.45, 2.75) is 32.2 Å². The van der Waals surface area contributed by atoms with E-state index in [1.807, 2.05) is 95.5 Å². The molecule has 0 radical (unpaired) electrons. The first kappa shape index (κ1) is 29.2. The molecule has 2 amide bonds. The molecule has 11 nitrogen and oxygen atoms in total. The molecule has 1 saturated heterocycles. The first-order valence-corrected chi connectivity index (χ1v) is 14.4. The van der Waals surface area contributed by atoms with Crippen LogP contribution in [0.4, 0.5) is 11.4 Å². The molecule has 0 spiro atoms. The molecule has 4 aromatic rings. The van der Waals surface area contributed by atoms with Gasteiger partial charge in [0, 0.05) is 49.2 Å². The van der Waals surface area contributed by atoms with Crippen LogP contribution in [0.25, 0.3) is 17.0 Å². The number of imide groups is 1. The number of aromatic nitrogens is 1. The molecule has 1 aromatic heterocycles. The summed E-state index contributed by atoms with van der Waals surface area (Å²) in [6, 6.07) is 22.4. The smallest absolute Gasteiger partial charge is 0.340 e. The summed E-state index contributed by atoms with van der Waals surface area (Å²) in [6.45, 7) is 1.78. The van der Waals surface area contributed by atoms with Gasteiger partial charge in [0.05, 0.1) is 21.9 Å². The Balaban J connectivity index is 1.23. The van der Waals surface area contributed by atoms with Crippen LogP contribution < -0.4 is 14.2 Å². The maximum atomic E-state index is 12.7.